The van der Waals surface area contributed by atoms with Crippen molar-refractivity contribution in [3.63, 3.8) is 0 Å². The molecule has 9 nitrogen and oxygen atoms in total. The summed E-state index contributed by atoms with van der Waals surface area (Å²) in [5.74, 6) is 0.573. The molecule has 132 valence electrons. The highest BCUT2D eigenvalue weighted by Gasteiger charge is 2.29. The Hall–Kier alpha value is -2.14. The fourth-order valence-corrected chi connectivity index (χ4v) is 3.20. The topological polar surface area (TPSA) is 105 Å². The van der Waals surface area contributed by atoms with Gasteiger partial charge in [0.05, 0.1) is 31.5 Å². The number of ether oxygens (including phenoxy) is 1. The maximum atomic E-state index is 12.3. The molecule has 10 heteroatoms. The second-order valence-corrected chi connectivity index (χ2v) is 6.51. The Labute approximate surface area is 144 Å². The minimum Gasteiger partial charge on any atom is -0.423 e. The van der Waals surface area contributed by atoms with Gasteiger partial charge in [-0.3, -0.25) is 14.4 Å². The molecule has 0 aromatic carbocycles. The largest absolute Gasteiger partial charge is 0.490 e. The van der Waals surface area contributed by atoms with E-state index in [1.165, 1.54) is 16.8 Å². The maximum Gasteiger partial charge on any atom is 0.490 e. The van der Waals surface area contributed by atoms with Gasteiger partial charge in [-0.1, -0.05) is 0 Å². The molecule has 2 aromatic heterocycles. The van der Waals surface area contributed by atoms with E-state index in [1.54, 1.807) is 7.05 Å². The van der Waals surface area contributed by atoms with E-state index >= 15 is 0 Å². The summed E-state index contributed by atoms with van der Waals surface area (Å²) in [6, 6.07) is 3.84. The second kappa shape index (κ2) is 6.30. The van der Waals surface area contributed by atoms with Crippen LogP contribution in [0.15, 0.2) is 23.1 Å². The zero-order valence-corrected chi connectivity index (χ0v) is 13.9. The summed E-state index contributed by atoms with van der Waals surface area (Å²) in [5, 5.41) is 26.2. The highest BCUT2D eigenvalue weighted by atomic mass is 16.5. The molecule has 0 atom stereocenters. The monoisotopic (exact) mass is 345 g/mol. The van der Waals surface area contributed by atoms with Gasteiger partial charge in [-0.25, -0.2) is 0 Å². The van der Waals surface area contributed by atoms with E-state index in [4.69, 9.17) is 4.74 Å². The third-order valence-electron chi connectivity index (χ3n) is 4.73. The average Bonchev–Trinajstić information content (AvgIpc) is 2.91. The Bertz CT molecular complexity index is 845. The van der Waals surface area contributed by atoms with Crippen molar-refractivity contribution in [1.82, 2.24) is 19.2 Å². The van der Waals surface area contributed by atoms with Crippen LogP contribution >= 0.6 is 0 Å². The molecule has 0 amide bonds. The molecule has 0 radical (unpaired) electrons. The number of nitrogens with zero attached hydrogens (tertiary/aromatic N) is 4. The van der Waals surface area contributed by atoms with Gasteiger partial charge in [0.25, 0.3) is 5.56 Å². The molecule has 4 heterocycles. The summed E-state index contributed by atoms with van der Waals surface area (Å²) in [4.78, 5) is 14.6. The minimum atomic E-state index is -1.64. The third-order valence-corrected chi connectivity index (χ3v) is 4.73. The average molecular weight is 345 g/mol. The molecule has 0 saturated carbocycles. The van der Waals surface area contributed by atoms with Crippen molar-refractivity contribution in [2.24, 2.45) is 7.05 Å². The quantitative estimate of drug-likeness (QED) is 0.563. The van der Waals surface area contributed by atoms with Crippen LogP contribution in [0, 0.1) is 0 Å². The smallest absolute Gasteiger partial charge is 0.423 e. The van der Waals surface area contributed by atoms with Gasteiger partial charge in [0, 0.05) is 37.9 Å². The van der Waals surface area contributed by atoms with Crippen molar-refractivity contribution in [3.8, 4) is 0 Å². The van der Waals surface area contributed by atoms with Crippen LogP contribution in [0.4, 0.5) is 11.5 Å². The predicted molar refractivity (Wildman–Crippen MR) is 92.0 cm³/mol. The first kappa shape index (κ1) is 16.3. The van der Waals surface area contributed by atoms with Crippen LogP contribution in [0.3, 0.4) is 0 Å². The molecule has 0 aliphatic carbocycles. The number of pyridine rings is 1. The first-order valence-electron chi connectivity index (χ1n) is 8.23. The summed E-state index contributed by atoms with van der Waals surface area (Å²) in [6.45, 7) is 4.09. The molecular weight excluding hydrogens is 325 g/mol. The Kier molecular flexibility index (Phi) is 4.12. The number of aromatic nitrogens is 3. The van der Waals surface area contributed by atoms with Gasteiger partial charge in [-0.05, 0) is 6.07 Å². The number of fused-ring (bicyclic) bond motifs is 1. The molecule has 0 unspecified atom stereocenters. The molecule has 25 heavy (non-hydrogen) atoms. The summed E-state index contributed by atoms with van der Waals surface area (Å²) in [5.41, 5.74) is 1.32. The number of anilines is 2. The Morgan fingerprint density at radius 2 is 2.12 bits per heavy atom. The lowest BCUT2D eigenvalue weighted by Crippen LogP contribution is -2.51. The number of hydrogen-bond donors (Lipinski definition) is 3. The van der Waals surface area contributed by atoms with Crippen LogP contribution in [0.25, 0.3) is 0 Å². The summed E-state index contributed by atoms with van der Waals surface area (Å²) in [7, 11) is -0.0725. The van der Waals surface area contributed by atoms with Crippen molar-refractivity contribution in [3.05, 3.63) is 34.4 Å². The van der Waals surface area contributed by atoms with Gasteiger partial charge in [-0.2, -0.15) is 5.10 Å². The van der Waals surface area contributed by atoms with E-state index < -0.39 is 7.12 Å². The second-order valence-electron chi connectivity index (χ2n) is 6.51. The van der Waals surface area contributed by atoms with Crippen molar-refractivity contribution in [2.75, 3.05) is 25.1 Å². The summed E-state index contributed by atoms with van der Waals surface area (Å²) < 4.78 is 8.51. The molecule has 0 spiro atoms. The van der Waals surface area contributed by atoms with Gasteiger partial charge >= 0.3 is 7.12 Å². The zero-order chi connectivity index (χ0) is 17.6. The zero-order valence-electron chi connectivity index (χ0n) is 13.9. The summed E-state index contributed by atoms with van der Waals surface area (Å²) >= 11 is 0. The number of hydrogen-bond acceptors (Lipinski definition) is 7. The molecule has 2 aliphatic heterocycles. The SMILES string of the molecule is Cn1cc(B(O)O)cc(Nc2cc3n(n2)CCN(C2COC2)C3)c1=O. The van der Waals surface area contributed by atoms with E-state index in [0.717, 1.165) is 38.5 Å². The van der Waals surface area contributed by atoms with Crippen LogP contribution < -0.4 is 16.3 Å². The number of aryl methyl sites for hydroxylation is 1. The molecule has 4 rings (SSSR count). The lowest BCUT2D eigenvalue weighted by atomic mass is 9.81. The predicted octanol–water partition coefficient (Wildman–Crippen LogP) is -1.78. The van der Waals surface area contributed by atoms with Crippen molar-refractivity contribution in [2.45, 2.75) is 19.1 Å². The molecule has 1 fully saturated rings. The van der Waals surface area contributed by atoms with Crippen molar-refractivity contribution in [1.29, 1.82) is 0 Å². The van der Waals surface area contributed by atoms with Gasteiger partial charge in [0.1, 0.15) is 5.69 Å². The van der Waals surface area contributed by atoms with Crippen molar-refractivity contribution < 1.29 is 14.8 Å². The molecule has 1 saturated heterocycles. The van der Waals surface area contributed by atoms with Gasteiger partial charge in [0.2, 0.25) is 0 Å². The highest BCUT2D eigenvalue weighted by Crippen LogP contribution is 2.22. The van der Waals surface area contributed by atoms with Crippen LogP contribution in [0.1, 0.15) is 5.69 Å². The van der Waals surface area contributed by atoms with Crippen molar-refractivity contribution >= 4 is 24.1 Å². The van der Waals surface area contributed by atoms with Crippen LogP contribution in [-0.4, -0.2) is 62.2 Å². The normalized spacial score (nSPS) is 17.9. The van der Waals surface area contributed by atoms with E-state index in [9.17, 15) is 14.8 Å². The molecule has 2 aliphatic rings. The number of nitrogens with one attached hydrogen (secondary N) is 1. The lowest BCUT2D eigenvalue weighted by Gasteiger charge is -2.39. The van der Waals surface area contributed by atoms with Gasteiger partial charge in [0.15, 0.2) is 5.82 Å². The van der Waals surface area contributed by atoms with Crippen LogP contribution in [-0.2, 0) is 24.9 Å². The minimum absolute atomic E-state index is 0.240. The molecular formula is C15H20BN5O4. The van der Waals surface area contributed by atoms with E-state index in [-0.39, 0.29) is 16.7 Å². The molecule has 3 N–H and O–H groups in total. The first-order valence-corrected chi connectivity index (χ1v) is 8.23. The van der Waals surface area contributed by atoms with Crippen LogP contribution in [0.5, 0.6) is 0 Å². The lowest BCUT2D eigenvalue weighted by molar-refractivity contribution is -0.0735. The highest BCUT2D eigenvalue weighted by molar-refractivity contribution is 6.58. The van der Waals surface area contributed by atoms with E-state index in [2.05, 4.69) is 15.3 Å². The third kappa shape index (κ3) is 3.09. The Morgan fingerprint density at radius 3 is 2.80 bits per heavy atom. The molecule has 0 bridgehead atoms. The van der Waals surface area contributed by atoms with E-state index in [0.29, 0.717) is 11.9 Å². The Balaban J connectivity index is 1.56. The standard InChI is InChI=1S/C15H20BN5O4/c1-19-6-10(16(23)24)4-13(15(19)22)17-14-5-11-7-20(12-8-25-9-12)2-3-21(11)18-14/h4-6,12,23-24H,2-3,7-9H2,1H3,(H,17,18). The summed E-state index contributed by atoms with van der Waals surface area (Å²) in [6.07, 6.45) is 1.40. The number of rotatable bonds is 4. The van der Waals surface area contributed by atoms with Gasteiger partial charge < -0.3 is 24.7 Å². The van der Waals surface area contributed by atoms with Crippen LogP contribution in [0.2, 0.25) is 0 Å². The Morgan fingerprint density at radius 1 is 1.32 bits per heavy atom. The molecule has 2 aromatic rings. The first-order chi connectivity index (χ1) is 12.0. The fourth-order valence-electron chi connectivity index (χ4n) is 3.20. The maximum absolute atomic E-state index is 12.3. The van der Waals surface area contributed by atoms with Gasteiger partial charge in [-0.15, -0.1) is 0 Å². The fraction of sp³-hybridized carbons (Fsp3) is 0.467. The van der Waals surface area contributed by atoms with E-state index in [1.807, 2.05) is 10.7 Å².